The molecule has 0 saturated carbocycles. The summed E-state index contributed by atoms with van der Waals surface area (Å²) in [6, 6.07) is 2.42. The van der Waals surface area contributed by atoms with Crippen molar-refractivity contribution in [1.82, 2.24) is 0 Å². The number of hydrogen-bond acceptors (Lipinski definition) is 2. The van der Waals surface area contributed by atoms with Crippen LogP contribution >= 0.6 is 11.6 Å². The summed E-state index contributed by atoms with van der Waals surface area (Å²) in [5.41, 5.74) is 7.75. The summed E-state index contributed by atoms with van der Waals surface area (Å²) in [5.74, 6) is -1.04. The van der Waals surface area contributed by atoms with Crippen LogP contribution in [0.4, 0.5) is 0 Å². The first-order valence-electron chi connectivity index (χ1n) is 4.18. The molecule has 0 bridgehead atoms. The van der Waals surface area contributed by atoms with Crippen molar-refractivity contribution in [2.75, 3.05) is 0 Å². The minimum absolute atomic E-state index is 0.580. The third-order valence-electron chi connectivity index (χ3n) is 2.08. The molecule has 4 heteroatoms. The lowest BCUT2D eigenvalue weighted by Gasteiger charge is -2.10. The van der Waals surface area contributed by atoms with Crippen molar-refractivity contribution in [3.8, 4) is 0 Å². The molecule has 1 atom stereocenters. The number of benzene rings is 1. The number of carbonyl (C=O) groups is 1. The highest BCUT2D eigenvalue weighted by molar-refractivity contribution is 6.32. The number of nitrogens with two attached hydrogens (primary N) is 1. The first kappa shape index (κ1) is 11.0. The van der Waals surface area contributed by atoms with Crippen LogP contribution in [-0.2, 0) is 4.79 Å². The van der Waals surface area contributed by atoms with E-state index >= 15 is 0 Å². The topological polar surface area (TPSA) is 63.3 Å². The molecule has 1 rings (SSSR count). The first-order chi connectivity index (χ1) is 6.43. The molecule has 0 aliphatic rings. The Morgan fingerprint density at radius 2 is 1.86 bits per heavy atom. The second-order valence-corrected chi connectivity index (χ2v) is 3.66. The highest BCUT2D eigenvalue weighted by atomic mass is 35.5. The van der Waals surface area contributed by atoms with E-state index in [1.807, 2.05) is 13.8 Å². The van der Waals surface area contributed by atoms with Crippen LogP contribution < -0.4 is 5.73 Å². The number of hydrogen-bond donors (Lipinski definition) is 2. The van der Waals surface area contributed by atoms with Crippen molar-refractivity contribution in [3.63, 3.8) is 0 Å². The van der Waals surface area contributed by atoms with E-state index in [-0.39, 0.29) is 0 Å². The minimum Gasteiger partial charge on any atom is -0.480 e. The quantitative estimate of drug-likeness (QED) is 0.790. The Bertz CT molecular complexity index is 353. The van der Waals surface area contributed by atoms with E-state index in [1.165, 1.54) is 0 Å². The zero-order valence-electron chi connectivity index (χ0n) is 8.04. The standard InChI is InChI=1S/C10H12ClNO2/c1-5-3-7(9(12)10(13)14)4-6(2)8(5)11/h3-4,9H,12H2,1-2H3,(H,13,14)/t9-/m1/s1. The van der Waals surface area contributed by atoms with Crippen LogP contribution in [0.25, 0.3) is 0 Å². The molecular weight excluding hydrogens is 202 g/mol. The van der Waals surface area contributed by atoms with Gasteiger partial charge in [0.2, 0.25) is 0 Å². The number of carboxylic acid groups (broad SMARTS) is 1. The zero-order chi connectivity index (χ0) is 10.9. The molecule has 0 radical (unpaired) electrons. The van der Waals surface area contributed by atoms with Crippen LogP contribution in [-0.4, -0.2) is 11.1 Å². The number of aryl methyl sites for hydroxylation is 2. The normalized spacial score (nSPS) is 12.6. The van der Waals surface area contributed by atoms with Crippen LogP contribution in [0.3, 0.4) is 0 Å². The van der Waals surface area contributed by atoms with Crippen LogP contribution in [0.5, 0.6) is 0 Å². The van der Waals surface area contributed by atoms with Gasteiger partial charge in [-0.05, 0) is 30.5 Å². The van der Waals surface area contributed by atoms with Gasteiger partial charge in [-0.15, -0.1) is 0 Å². The van der Waals surface area contributed by atoms with Crippen LogP contribution in [0, 0.1) is 13.8 Å². The van der Waals surface area contributed by atoms with Gasteiger partial charge in [0.15, 0.2) is 0 Å². The van der Waals surface area contributed by atoms with Gasteiger partial charge < -0.3 is 10.8 Å². The van der Waals surface area contributed by atoms with Crippen molar-refractivity contribution >= 4 is 17.6 Å². The van der Waals surface area contributed by atoms with Crippen LogP contribution in [0.2, 0.25) is 5.02 Å². The molecule has 76 valence electrons. The van der Waals surface area contributed by atoms with Gasteiger partial charge in [0.1, 0.15) is 6.04 Å². The molecule has 1 aromatic rings. The summed E-state index contributed by atoms with van der Waals surface area (Å²) in [5, 5.41) is 9.39. The third-order valence-corrected chi connectivity index (χ3v) is 2.68. The molecule has 0 aromatic heterocycles. The average molecular weight is 214 g/mol. The predicted octanol–water partition coefficient (Wildman–Crippen LogP) is 2.04. The molecule has 0 unspecified atom stereocenters. The number of rotatable bonds is 2. The van der Waals surface area contributed by atoms with Gasteiger partial charge in [0.25, 0.3) is 0 Å². The Labute approximate surface area is 87.5 Å². The maximum Gasteiger partial charge on any atom is 0.325 e. The third kappa shape index (κ3) is 2.05. The number of aliphatic carboxylic acids is 1. The van der Waals surface area contributed by atoms with E-state index in [1.54, 1.807) is 12.1 Å². The minimum atomic E-state index is -1.04. The maximum absolute atomic E-state index is 10.6. The van der Waals surface area contributed by atoms with E-state index in [9.17, 15) is 4.79 Å². The van der Waals surface area contributed by atoms with E-state index in [4.69, 9.17) is 22.4 Å². The SMILES string of the molecule is Cc1cc([C@@H](N)C(=O)O)cc(C)c1Cl. The van der Waals surface area contributed by atoms with Gasteiger partial charge in [-0.1, -0.05) is 23.7 Å². The van der Waals surface area contributed by atoms with Gasteiger partial charge in [-0.3, -0.25) is 4.79 Å². The first-order valence-corrected chi connectivity index (χ1v) is 4.56. The lowest BCUT2D eigenvalue weighted by molar-refractivity contribution is -0.138. The fourth-order valence-corrected chi connectivity index (χ4v) is 1.41. The summed E-state index contributed by atoms with van der Waals surface area (Å²) in [6.07, 6.45) is 0. The molecule has 0 amide bonds. The van der Waals surface area contributed by atoms with Crippen LogP contribution in [0.15, 0.2) is 12.1 Å². The van der Waals surface area contributed by atoms with Gasteiger partial charge >= 0.3 is 5.97 Å². The summed E-state index contributed by atoms with van der Waals surface area (Å²) in [7, 11) is 0. The Morgan fingerprint density at radius 3 is 2.21 bits per heavy atom. The Kier molecular flexibility index (Phi) is 3.13. The fraction of sp³-hybridized carbons (Fsp3) is 0.300. The van der Waals surface area contributed by atoms with Crippen LogP contribution in [0.1, 0.15) is 22.7 Å². The molecule has 1 aromatic carbocycles. The Hall–Kier alpha value is -1.06. The lowest BCUT2D eigenvalue weighted by Crippen LogP contribution is -2.20. The molecule has 0 spiro atoms. The summed E-state index contributed by atoms with van der Waals surface area (Å²) >= 11 is 5.95. The summed E-state index contributed by atoms with van der Waals surface area (Å²) in [4.78, 5) is 10.6. The second-order valence-electron chi connectivity index (χ2n) is 3.28. The van der Waals surface area contributed by atoms with Crippen molar-refractivity contribution in [3.05, 3.63) is 33.8 Å². The van der Waals surface area contributed by atoms with Gasteiger partial charge in [-0.2, -0.15) is 0 Å². The Balaban J connectivity index is 3.19. The molecule has 3 nitrogen and oxygen atoms in total. The largest absolute Gasteiger partial charge is 0.480 e. The van der Waals surface area contributed by atoms with E-state index in [0.717, 1.165) is 11.1 Å². The zero-order valence-corrected chi connectivity index (χ0v) is 8.80. The monoisotopic (exact) mass is 213 g/mol. The van der Waals surface area contributed by atoms with Crippen molar-refractivity contribution in [2.24, 2.45) is 5.73 Å². The maximum atomic E-state index is 10.6. The highest BCUT2D eigenvalue weighted by Crippen LogP contribution is 2.24. The smallest absolute Gasteiger partial charge is 0.325 e. The van der Waals surface area contributed by atoms with E-state index in [2.05, 4.69) is 0 Å². The van der Waals surface area contributed by atoms with Crippen molar-refractivity contribution < 1.29 is 9.90 Å². The van der Waals surface area contributed by atoms with Gasteiger partial charge in [-0.25, -0.2) is 0 Å². The second kappa shape index (κ2) is 3.98. The predicted molar refractivity (Wildman–Crippen MR) is 55.5 cm³/mol. The van der Waals surface area contributed by atoms with Crippen molar-refractivity contribution in [2.45, 2.75) is 19.9 Å². The number of carboxylic acids is 1. The molecule has 0 aliphatic carbocycles. The fourth-order valence-electron chi connectivity index (χ4n) is 1.30. The molecular formula is C10H12ClNO2. The summed E-state index contributed by atoms with van der Waals surface area (Å²) < 4.78 is 0. The highest BCUT2D eigenvalue weighted by Gasteiger charge is 2.15. The lowest BCUT2D eigenvalue weighted by atomic mass is 10.0. The molecule has 0 fully saturated rings. The van der Waals surface area contributed by atoms with Crippen molar-refractivity contribution in [1.29, 1.82) is 0 Å². The molecule has 0 heterocycles. The number of halogens is 1. The van der Waals surface area contributed by atoms with Gasteiger partial charge in [0.05, 0.1) is 0 Å². The summed E-state index contributed by atoms with van der Waals surface area (Å²) in [6.45, 7) is 3.65. The molecule has 14 heavy (non-hydrogen) atoms. The molecule has 0 saturated heterocycles. The van der Waals surface area contributed by atoms with E-state index in [0.29, 0.717) is 10.6 Å². The average Bonchev–Trinajstić information content (AvgIpc) is 2.12. The molecule has 0 aliphatic heterocycles. The Morgan fingerprint density at radius 1 is 1.43 bits per heavy atom. The molecule has 3 N–H and O–H groups in total. The van der Waals surface area contributed by atoms with E-state index < -0.39 is 12.0 Å². The van der Waals surface area contributed by atoms with Gasteiger partial charge in [0, 0.05) is 5.02 Å².